The average molecular weight is 438 g/mol. The molecule has 0 aromatic heterocycles. The summed E-state index contributed by atoms with van der Waals surface area (Å²) >= 11 is 0. The fraction of sp³-hybridized carbons (Fsp3) is 0.292. The Hall–Kier alpha value is -3.65. The minimum Gasteiger partial charge on any atom is -0.507 e. The molecule has 3 rings (SSSR count). The number of hydrogen-bond donors (Lipinski definition) is 1. The number of aliphatic hydroxyl groups is 1. The van der Waals surface area contributed by atoms with Crippen LogP contribution in [0.2, 0.25) is 0 Å². The topological polar surface area (TPSA) is 96.4 Å². The highest BCUT2D eigenvalue weighted by molar-refractivity contribution is 6.46. The van der Waals surface area contributed by atoms with Crippen molar-refractivity contribution in [3.05, 3.63) is 65.2 Å². The first-order valence-electron chi connectivity index (χ1n) is 10.1. The molecular weight excluding hydrogens is 412 g/mol. The fourth-order valence-corrected chi connectivity index (χ4v) is 3.63. The number of carbonyl (C=O) groups is 3. The summed E-state index contributed by atoms with van der Waals surface area (Å²) in [5.74, 6) is -1.48. The Labute approximate surface area is 186 Å². The summed E-state index contributed by atoms with van der Waals surface area (Å²) in [6.45, 7) is 2.12. The number of nitrogens with zero attached hydrogens (tertiary/aromatic N) is 2. The Balaban J connectivity index is 2.14. The van der Waals surface area contributed by atoms with Crippen LogP contribution in [0.1, 0.15) is 24.1 Å². The van der Waals surface area contributed by atoms with E-state index in [4.69, 9.17) is 9.47 Å². The lowest BCUT2D eigenvalue weighted by molar-refractivity contribution is -0.140. The summed E-state index contributed by atoms with van der Waals surface area (Å²) in [5, 5.41) is 11.1. The number of Topliss-reactive ketones (excluding diaryl/α,β-unsaturated/α-hetero) is 1. The van der Waals surface area contributed by atoms with Gasteiger partial charge in [-0.2, -0.15) is 0 Å². The van der Waals surface area contributed by atoms with Gasteiger partial charge in [0.05, 0.1) is 24.3 Å². The summed E-state index contributed by atoms with van der Waals surface area (Å²) in [7, 11) is 5.20. The lowest BCUT2D eigenvalue weighted by Gasteiger charge is -2.26. The van der Waals surface area contributed by atoms with Gasteiger partial charge in [-0.3, -0.25) is 14.4 Å². The van der Waals surface area contributed by atoms with Gasteiger partial charge in [0.1, 0.15) is 17.3 Å². The maximum Gasteiger partial charge on any atom is 0.308 e. The van der Waals surface area contributed by atoms with E-state index >= 15 is 0 Å². The van der Waals surface area contributed by atoms with Crippen LogP contribution in [0.4, 0.5) is 0 Å². The van der Waals surface area contributed by atoms with Crippen molar-refractivity contribution in [3.63, 3.8) is 0 Å². The molecule has 2 aromatic carbocycles. The molecule has 2 aromatic rings. The number of likely N-dealkylation sites (N-methyl/N-ethyl adjacent to an activating group) is 1. The average Bonchev–Trinajstić information content (AvgIpc) is 3.02. The largest absolute Gasteiger partial charge is 0.507 e. The number of rotatable bonds is 7. The number of methoxy groups -OCH3 is 1. The lowest BCUT2D eigenvalue weighted by atomic mass is 9.95. The smallest absolute Gasteiger partial charge is 0.308 e. The monoisotopic (exact) mass is 438 g/mol. The van der Waals surface area contributed by atoms with Crippen LogP contribution in [0.15, 0.2) is 54.1 Å². The van der Waals surface area contributed by atoms with Crippen molar-refractivity contribution >= 4 is 23.4 Å². The van der Waals surface area contributed by atoms with Crippen molar-refractivity contribution in [2.45, 2.75) is 13.0 Å². The molecule has 1 fully saturated rings. The molecule has 1 amide bonds. The maximum atomic E-state index is 13.0. The molecule has 1 unspecified atom stereocenters. The fourth-order valence-electron chi connectivity index (χ4n) is 3.63. The standard InChI is InChI=1S/C24H26N2O6/c1-15(27)32-17-11-9-16(10-12-17)21-20(22(28)18-7-5-6-8-19(18)31-4)23(29)24(30)26(21)14-13-25(2)3/h5-12,21,28H,13-14H2,1-4H3/b22-20-. The second kappa shape index (κ2) is 9.65. The van der Waals surface area contributed by atoms with E-state index in [0.717, 1.165) is 0 Å². The van der Waals surface area contributed by atoms with Crippen LogP contribution in [-0.2, 0) is 14.4 Å². The van der Waals surface area contributed by atoms with E-state index < -0.39 is 23.7 Å². The van der Waals surface area contributed by atoms with Crippen LogP contribution < -0.4 is 9.47 Å². The first-order valence-corrected chi connectivity index (χ1v) is 10.1. The third-order valence-corrected chi connectivity index (χ3v) is 5.15. The van der Waals surface area contributed by atoms with Crippen molar-refractivity contribution in [1.29, 1.82) is 0 Å². The van der Waals surface area contributed by atoms with Gasteiger partial charge < -0.3 is 24.4 Å². The third kappa shape index (κ3) is 4.65. The summed E-state index contributed by atoms with van der Waals surface area (Å²) in [6.07, 6.45) is 0. The van der Waals surface area contributed by atoms with E-state index in [2.05, 4.69) is 0 Å². The lowest BCUT2D eigenvalue weighted by Crippen LogP contribution is -2.35. The Morgan fingerprint density at radius 3 is 2.34 bits per heavy atom. The van der Waals surface area contributed by atoms with Crippen LogP contribution >= 0.6 is 0 Å². The van der Waals surface area contributed by atoms with Gasteiger partial charge in [-0.05, 0) is 43.9 Å². The number of hydrogen-bond acceptors (Lipinski definition) is 7. The molecule has 32 heavy (non-hydrogen) atoms. The molecular formula is C24H26N2O6. The zero-order valence-electron chi connectivity index (χ0n) is 18.5. The molecule has 168 valence electrons. The highest BCUT2D eigenvalue weighted by Crippen LogP contribution is 2.41. The maximum absolute atomic E-state index is 13.0. The van der Waals surface area contributed by atoms with Crippen molar-refractivity contribution in [2.24, 2.45) is 0 Å². The second-order valence-electron chi connectivity index (χ2n) is 7.66. The van der Waals surface area contributed by atoms with Gasteiger partial charge in [0.25, 0.3) is 11.7 Å². The highest BCUT2D eigenvalue weighted by Gasteiger charge is 2.46. The summed E-state index contributed by atoms with van der Waals surface area (Å²) in [5.41, 5.74) is 0.913. The molecule has 1 saturated heterocycles. The first-order chi connectivity index (χ1) is 15.2. The summed E-state index contributed by atoms with van der Waals surface area (Å²) in [4.78, 5) is 40.5. The van der Waals surface area contributed by atoms with Gasteiger partial charge in [0, 0.05) is 20.0 Å². The number of ketones is 1. The molecule has 1 aliphatic rings. The van der Waals surface area contributed by atoms with Crippen LogP contribution in [0.3, 0.4) is 0 Å². The van der Waals surface area contributed by atoms with Gasteiger partial charge in [-0.25, -0.2) is 0 Å². The first kappa shape index (κ1) is 23.0. The Morgan fingerprint density at radius 2 is 1.75 bits per heavy atom. The van der Waals surface area contributed by atoms with Crippen LogP contribution in [0.25, 0.3) is 5.76 Å². The van der Waals surface area contributed by atoms with Crippen molar-refractivity contribution < 1.29 is 29.0 Å². The molecule has 0 bridgehead atoms. The predicted octanol–water partition coefficient (Wildman–Crippen LogP) is 2.60. The number of para-hydroxylation sites is 1. The van der Waals surface area contributed by atoms with Gasteiger partial charge >= 0.3 is 5.97 Å². The number of amides is 1. The Morgan fingerprint density at radius 1 is 1.09 bits per heavy atom. The second-order valence-corrected chi connectivity index (χ2v) is 7.66. The minimum absolute atomic E-state index is 0.0153. The normalized spacial score (nSPS) is 17.7. The molecule has 8 nitrogen and oxygen atoms in total. The summed E-state index contributed by atoms with van der Waals surface area (Å²) in [6, 6.07) is 12.5. The molecule has 0 radical (unpaired) electrons. The van der Waals surface area contributed by atoms with Gasteiger partial charge in [0.15, 0.2) is 0 Å². The number of carbonyl (C=O) groups excluding carboxylic acids is 3. The van der Waals surface area contributed by atoms with E-state index in [1.54, 1.807) is 48.5 Å². The summed E-state index contributed by atoms with van der Waals surface area (Å²) < 4.78 is 10.4. The molecule has 1 heterocycles. The highest BCUT2D eigenvalue weighted by atomic mass is 16.5. The van der Waals surface area contributed by atoms with Gasteiger partial charge in [0.2, 0.25) is 0 Å². The third-order valence-electron chi connectivity index (χ3n) is 5.15. The van der Waals surface area contributed by atoms with Crippen molar-refractivity contribution in [2.75, 3.05) is 34.3 Å². The SMILES string of the molecule is COc1ccccc1/C(O)=C1/C(=O)C(=O)N(CCN(C)C)C1c1ccc(OC(C)=O)cc1. The van der Waals surface area contributed by atoms with Gasteiger partial charge in [-0.1, -0.05) is 24.3 Å². The number of esters is 1. The van der Waals surface area contributed by atoms with E-state index in [9.17, 15) is 19.5 Å². The molecule has 8 heteroatoms. The number of aliphatic hydroxyl groups excluding tert-OH is 1. The number of ether oxygens (including phenoxy) is 2. The van der Waals surface area contributed by atoms with Crippen LogP contribution in [-0.4, -0.2) is 66.9 Å². The Bertz CT molecular complexity index is 1060. The van der Waals surface area contributed by atoms with Crippen LogP contribution in [0.5, 0.6) is 11.5 Å². The van der Waals surface area contributed by atoms with Gasteiger partial charge in [-0.15, -0.1) is 0 Å². The van der Waals surface area contributed by atoms with E-state index in [1.807, 2.05) is 19.0 Å². The molecule has 0 spiro atoms. The quantitative estimate of drug-likeness (QED) is 0.233. The van der Waals surface area contributed by atoms with E-state index in [-0.39, 0.29) is 17.9 Å². The van der Waals surface area contributed by atoms with Crippen molar-refractivity contribution in [3.8, 4) is 11.5 Å². The molecule has 1 aliphatic heterocycles. The molecule has 1 N–H and O–H groups in total. The molecule has 1 atom stereocenters. The number of benzene rings is 2. The Kier molecular flexibility index (Phi) is 6.95. The van der Waals surface area contributed by atoms with E-state index in [1.165, 1.54) is 18.9 Å². The molecule has 0 aliphatic carbocycles. The van der Waals surface area contributed by atoms with Crippen molar-refractivity contribution in [1.82, 2.24) is 9.80 Å². The van der Waals surface area contributed by atoms with E-state index in [0.29, 0.717) is 29.2 Å². The molecule has 0 saturated carbocycles. The minimum atomic E-state index is -0.800. The number of likely N-dealkylation sites (tertiary alicyclic amines) is 1. The zero-order chi connectivity index (χ0) is 23.4. The zero-order valence-corrected chi connectivity index (χ0v) is 18.5. The van der Waals surface area contributed by atoms with Crippen LogP contribution in [0, 0.1) is 0 Å². The predicted molar refractivity (Wildman–Crippen MR) is 118 cm³/mol.